The van der Waals surface area contributed by atoms with E-state index in [2.05, 4.69) is 38.9 Å². The highest BCUT2D eigenvalue weighted by Gasteiger charge is 2.45. The first-order chi connectivity index (χ1) is 19.2. The van der Waals surface area contributed by atoms with Gasteiger partial charge in [0.15, 0.2) is 11.6 Å². The van der Waals surface area contributed by atoms with E-state index in [4.69, 9.17) is 15.6 Å². The van der Waals surface area contributed by atoms with Gasteiger partial charge in [-0.2, -0.15) is 0 Å². The SMILES string of the molecule is CCO.CCc1cc(Nc2nc3ccccc3nc2NC)cc(OC)c1.Cc1cccc(NC(=O)C2(N)CC2)c1. The quantitative estimate of drug-likeness (QED) is 0.208. The zero-order chi connectivity index (χ0) is 29.1. The van der Waals surface area contributed by atoms with Gasteiger partial charge in [-0.05, 0) is 80.6 Å². The Bertz CT molecular complexity index is 1400. The summed E-state index contributed by atoms with van der Waals surface area (Å²) in [7, 11) is 3.51. The van der Waals surface area contributed by atoms with E-state index in [9.17, 15) is 4.79 Å². The Labute approximate surface area is 236 Å². The summed E-state index contributed by atoms with van der Waals surface area (Å²) in [5, 5.41) is 16.8. The van der Waals surface area contributed by atoms with Crippen molar-refractivity contribution < 1.29 is 14.6 Å². The summed E-state index contributed by atoms with van der Waals surface area (Å²) >= 11 is 0. The molecule has 1 heterocycles. The second-order valence-electron chi connectivity index (χ2n) is 9.50. The van der Waals surface area contributed by atoms with Gasteiger partial charge in [0.2, 0.25) is 5.91 Å². The lowest BCUT2D eigenvalue weighted by Crippen LogP contribution is -2.37. The number of aliphatic hydroxyl groups is 1. The standard InChI is InChI=1S/C18H20N4O.C11H14N2O.C2H6O/c1-4-12-9-13(11-14(10-12)23-3)20-18-17(19-2)21-15-7-5-6-8-16(15)22-18;1-8-3-2-4-9(7-8)13-10(14)11(12)5-6-11;1-2-3/h5-11H,4H2,1-3H3,(H,19,21)(H,20,22);2-4,7H,5-6,12H2,1H3,(H,13,14);3H,2H2,1H3. The average molecular weight is 545 g/mol. The number of para-hydroxylation sites is 2. The molecule has 0 spiro atoms. The Hall–Kier alpha value is -4.21. The number of nitrogens with zero attached hydrogens (tertiary/aromatic N) is 2. The molecule has 0 radical (unpaired) electrons. The second-order valence-corrected chi connectivity index (χ2v) is 9.50. The van der Waals surface area contributed by atoms with Crippen molar-refractivity contribution in [2.24, 2.45) is 5.73 Å². The van der Waals surface area contributed by atoms with Gasteiger partial charge in [-0.1, -0.05) is 31.2 Å². The summed E-state index contributed by atoms with van der Waals surface area (Å²) in [6, 6.07) is 21.6. The smallest absolute Gasteiger partial charge is 0.244 e. The Morgan fingerprint density at radius 2 is 1.62 bits per heavy atom. The normalized spacial score (nSPS) is 12.7. The van der Waals surface area contributed by atoms with Gasteiger partial charge in [0.1, 0.15) is 5.75 Å². The summed E-state index contributed by atoms with van der Waals surface area (Å²) in [6.07, 6.45) is 2.53. The lowest BCUT2D eigenvalue weighted by Gasteiger charge is -2.13. The van der Waals surface area contributed by atoms with Crippen molar-refractivity contribution in [2.75, 3.05) is 36.7 Å². The van der Waals surface area contributed by atoms with Crippen LogP contribution in [0.4, 0.5) is 23.0 Å². The van der Waals surface area contributed by atoms with Crippen molar-refractivity contribution in [2.45, 2.75) is 45.6 Å². The Kier molecular flexibility index (Phi) is 10.8. The van der Waals surface area contributed by atoms with E-state index in [1.807, 2.05) is 74.6 Å². The number of anilines is 4. The molecule has 0 saturated heterocycles. The first-order valence-electron chi connectivity index (χ1n) is 13.4. The van der Waals surface area contributed by atoms with Crippen LogP contribution in [0.5, 0.6) is 5.75 Å². The molecule has 40 heavy (non-hydrogen) atoms. The van der Waals surface area contributed by atoms with Crippen LogP contribution in [0.15, 0.2) is 66.7 Å². The largest absolute Gasteiger partial charge is 0.497 e. The summed E-state index contributed by atoms with van der Waals surface area (Å²) in [5.74, 6) is 2.17. The van der Waals surface area contributed by atoms with E-state index < -0.39 is 5.54 Å². The third-order valence-electron chi connectivity index (χ3n) is 6.20. The molecule has 212 valence electrons. The van der Waals surface area contributed by atoms with E-state index >= 15 is 0 Å². The number of carbonyl (C=O) groups is 1. The molecular formula is C31H40N6O3. The van der Waals surface area contributed by atoms with Gasteiger partial charge in [0, 0.05) is 31.1 Å². The van der Waals surface area contributed by atoms with Gasteiger partial charge in [-0.3, -0.25) is 4.79 Å². The number of benzene rings is 3. The summed E-state index contributed by atoms with van der Waals surface area (Å²) in [5.41, 5.74) is 11.0. The fourth-order valence-corrected chi connectivity index (χ4v) is 3.79. The minimum Gasteiger partial charge on any atom is -0.497 e. The van der Waals surface area contributed by atoms with Gasteiger partial charge in [-0.15, -0.1) is 0 Å². The molecule has 1 aliphatic rings. The van der Waals surface area contributed by atoms with Crippen molar-refractivity contribution in [3.05, 3.63) is 77.9 Å². The number of nitrogens with two attached hydrogens (primary N) is 1. The van der Waals surface area contributed by atoms with Gasteiger partial charge in [0.25, 0.3) is 0 Å². The van der Waals surface area contributed by atoms with E-state index in [1.54, 1.807) is 14.0 Å². The molecule has 0 aliphatic heterocycles. The average Bonchev–Trinajstić information content (AvgIpc) is 3.71. The van der Waals surface area contributed by atoms with Gasteiger partial charge >= 0.3 is 0 Å². The molecule has 9 nitrogen and oxygen atoms in total. The van der Waals surface area contributed by atoms with Crippen LogP contribution < -0.4 is 26.4 Å². The third kappa shape index (κ3) is 8.39. The number of hydrogen-bond donors (Lipinski definition) is 5. The highest BCUT2D eigenvalue weighted by Crippen LogP contribution is 2.33. The summed E-state index contributed by atoms with van der Waals surface area (Å²) in [6.45, 7) is 6.04. The second kappa shape index (κ2) is 14.3. The summed E-state index contributed by atoms with van der Waals surface area (Å²) < 4.78 is 5.37. The van der Waals surface area contributed by atoms with Crippen LogP contribution in [-0.4, -0.2) is 47.3 Å². The number of methoxy groups -OCH3 is 1. The lowest BCUT2D eigenvalue weighted by atomic mass is 10.1. The molecule has 9 heteroatoms. The molecule has 1 amide bonds. The topological polar surface area (TPSA) is 134 Å². The highest BCUT2D eigenvalue weighted by atomic mass is 16.5. The number of aryl methyl sites for hydroxylation is 2. The van der Waals surface area contributed by atoms with E-state index in [0.29, 0.717) is 11.6 Å². The molecule has 0 atom stereocenters. The maximum atomic E-state index is 11.6. The molecular weight excluding hydrogens is 504 g/mol. The molecule has 1 aliphatic carbocycles. The fourth-order valence-electron chi connectivity index (χ4n) is 3.79. The highest BCUT2D eigenvalue weighted by molar-refractivity contribution is 6.00. The molecule has 1 fully saturated rings. The van der Waals surface area contributed by atoms with Crippen LogP contribution in [0, 0.1) is 6.92 Å². The first kappa shape index (κ1) is 30.3. The van der Waals surface area contributed by atoms with Crippen LogP contribution >= 0.6 is 0 Å². The Balaban J connectivity index is 0.000000221. The van der Waals surface area contributed by atoms with Crippen LogP contribution in [-0.2, 0) is 11.2 Å². The predicted molar refractivity (Wildman–Crippen MR) is 163 cm³/mol. The maximum Gasteiger partial charge on any atom is 0.244 e. The zero-order valence-corrected chi connectivity index (χ0v) is 23.9. The minimum atomic E-state index is -0.594. The first-order valence-corrected chi connectivity index (χ1v) is 13.4. The number of ether oxygens (including phenoxy) is 1. The van der Waals surface area contributed by atoms with Crippen LogP contribution in [0.3, 0.4) is 0 Å². The van der Waals surface area contributed by atoms with Crippen molar-refractivity contribution >= 4 is 40.0 Å². The summed E-state index contributed by atoms with van der Waals surface area (Å²) in [4.78, 5) is 20.9. The molecule has 1 saturated carbocycles. The lowest BCUT2D eigenvalue weighted by molar-refractivity contribution is -0.118. The number of amides is 1. The van der Waals surface area contributed by atoms with E-state index in [0.717, 1.165) is 53.0 Å². The minimum absolute atomic E-state index is 0.0666. The van der Waals surface area contributed by atoms with Crippen LogP contribution in [0.1, 0.15) is 37.8 Å². The molecule has 0 bridgehead atoms. The van der Waals surface area contributed by atoms with E-state index in [1.165, 1.54) is 5.56 Å². The van der Waals surface area contributed by atoms with Gasteiger partial charge in [-0.25, -0.2) is 9.97 Å². The monoisotopic (exact) mass is 544 g/mol. The van der Waals surface area contributed by atoms with Gasteiger partial charge < -0.3 is 31.5 Å². The molecule has 1 aromatic heterocycles. The van der Waals surface area contributed by atoms with Crippen LogP contribution in [0.2, 0.25) is 0 Å². The predicted octanol–water partition coefficient (Wildman–Crippen LogP) is 5.41. The number of hydrogen-bond acceptors (Lipinski definition) is 8. The molecule has 3 aromatic carbocycles. The van der Waals surface area contributed by atoms with Crippen LogP contribution in [0.25, 0.3) is 11.0 Å². The molecule has 6 N–H and O–H groups in total. The van der Waals surface area contributed by atoms with Crippen molar-refractivity contribution in [3.63, 3.8) is 0 Å². The van der Waals surface area contributed by atoms with E-state index in [-0.39, 0.29) is 12.5 Å². The maximum absolute atomic E-state index is 11.6. The fraction of sp³-hybridized carbons (Fsp3) is 0.323. The number of nitrogens with one attached hydrogen (secondary N) is 3. The van der Waals surface area contributed by atoms with Crippen molar-refractivity contribution in [1.29, 1.82) is 0 Å². The van der Waals surface area contributed by atoms with Crippen molar-refractivity contribution in [3.8, 4) is 5.75 Å². The number of aliphatic hydroxyl groups excluding tert-OH is 1. The molecule has 4 aromatic rings. The van der Waals surface area contributed by atoms with Gasteiger partial charge in [0.05, 0.1) is 23.7 Å². The van der Waals surface area contributed by atoms with Crippen molar-refractivity contribution in [1.82, 2.24) is 9.97 Å². The number of fused-ring (bicyclic) bond motifs is 1. The number of aromatic nitrogens is 2. The number of carbonyl (C=O) groups excluding carboxylic acids is 1. The molecule has 0 unspecified atom stereocenters. The zero-order valence-electron chi connectivity index (χ0n) is 23.9. The number of rotatable bonds is 7. The molecule has 5 rings (SSSR count). The Morgan fingerprint density at radius 1 is 0.975 bits per heavy atom. The Morgan fingerprint density at radius 3 is 2.17 bits per heavy atom. The third-order valence-corrected chi connectivity index (χ3v) is 6.20.